The van der Waals surface area contributed by atoms with E-state index < -0.39 is 5.97 Å². The first-order valence-corrected chi connectivity index (χ1v) is 8.19. The molecule has 0 bridgehead atoms. The van der Waals surface area contributed by atoms with Crippen LogP contribution in [0.5, 0.6) is 11.5 Å². The molecule has 0 amide bonds. The van der Waals surface area contributed by atoms with Crippen LogP contribution in [-0.4, -0.2) is 36.3 Å². The average Bonchev–Trinajstić information content (AvgIpc) is 2.59. The summed E-state index contributed by atoms with van der Waals surface area (Å²) in [4.78, 5) is 19.4. The zero-order chi connectivity index (χ0) is 19.3. The highest BCUT2D eigenvalue weighted by atomic mass is 79.9. The lowest BCUT2D eigenvalue weighted by Gasteiger charge is -2.14. The van der Waals surface area contributed by atoms with Crippen molar-refractivity contribution in [3.63, 3.8) is 0 Å². The summed E-state index contributed by atoms with van der Waals surface area (Å²) in [5.74, 6) is 0.0340. The van der Waals surface area contributed by atoms with Crippen LogP contribution >= 0.6 is 15.9 Å². The number of anilines is 2. The lowest BCUT2D eigenvalue weighted by atomic mass is 10.1. The number of nitrogens with two attached hydrogens (primary N) is 2. The van der Waals surface area contributed by atoms with Crippen LogP contribution in [0.4, 0.5) is 11.8 Å². The van der Waals surface area contributed by atoms with E-state index in [9.17, 15) is 10.1 Å². The van der Waals surface area contributed by atoms with Crippen molar-refractivity contribution >= 4 is 33.7 Å². The van der Waals surface area contributed by atoms with Crippen LogP contribution in [0, 0.1) is 11.3 Å². The Morgan fingerprint density at radius 3 is 2.69 bits per heavy atom. The second-order valence-corrected chi connectivity index (χ2v) is 5.74. The molecule has 0 saturated heterocycles. The normalized spacial score (nSPS) is 10.1. The number of carbonyl (C=O) groups is 1. The number of hydrogen-bond acceptors (Lipinski definition) is 9. The predicted octanol–water partition coefficient (Wildman–Crippen LogP) is 1.89. The molecular weight excluding hydrogens is 406 g/mol. The predicted molar refractivity (Wildman–Crippen MR) is 97.4 cm³/mol. The molecule has 0 radical (unpaired) electrons. The molecule has 0 saturated carbocycles. The molecule has 2 rings (SSSR count). The van der Waals surface area contributed by atoms with Crippen molar-refractivity contribution in [3.05, 3.63) is 22.2 Å². The van der Waals surface area contributed by atoms with Gasteiger partial charge < -0.3 is 25.7 Å². The van der Waals surface area contributed by atoms with Crippen LogP contribution in [-0.2, 0) is 9.53 Å². The molecule has 136 valence electrons. The second-order valence-electron chi connectivity index (χ2n) is 4.89. The SMILES string of the molecule is CCOC(=O)COc1c(Br)cc(-c2nc(N)nc(N)c2C#N)cc1OC. The van der Waals surface area contributed by atoms with Crippen molar-refractivity contribution in [1.82, 2.24) is 9.97 Å². The number of methoxy groups -OCH3 is 1. The van der Waals surface area contributed by atoms with Gasteiger partial charge in [-0.05, 0) is 35.0 Å². The lowest BCUT2D eigenvalue weighted by molar-refractivity contribution is -0.145. The zero-order valence-electron chi connectivity index (χ0n) is 14.1. The average molecular weight is 422 g/mol. The van der Waals surface area contributed by atoms with Gasteiger partial charge in [-0.25, -0.2) is 9.78 Å². The maximum atomic E-state index is 11.5. The molecule has 0 atom stereocenters. The Kier molecular flexibility index (Phi) is 6.19. The monoisotopic (exact) mass is 421 g/mol. The van der Waals surface area contributed by atoms with Crippen LogP contribution in [0.15, 0.2) is 16.6 Å². The van der Waals surface area contributed by atoms with Gasteiger partial charge in [0.25, 0.3) is 0 Å². The minimum atomic E-state index is -0.506. The van der Waals surface area contributed by atoms with E-state index in [-0.39, 0.29) is 36.2 Å². The third-order valence-electron chi connectivity index (χ3n) is 3.21. The molecule has 9 nitrogen and oxygen atoms in total. The number of rotatable bonds is 6. The van der Waals surface area contributed by atoms with E-state index in [1.807, 2.05) is 6.07 Å². The number of carbonyl (C=O) groups excluding carboxylic acids is 1. The first-order valence-electron chi connectivity index (χ1n) is 7.40. The minimum Gasteiger partial charge on any atom is -0.493 e. The number of hydrogen-bond donors (Lipinski definition) is 2. The summed E-state index contributed by atoms with van der Waals surface area (Å²) < 4.78 is 16.1. The van der Waals surface area contributed by atoms with Crippen LogP contribution in [0.25, 0.3) is 11.3 Å². The standard InChI is InChI=1S/C16H16BrN5O4/c1-3-25-12(23)7-26-14-10(17)4-8(5-11(14)24-2)13-9(6-18)15(19)22-16(20)21-13/h4-5H,3,7H2,1-2H3,(H4,19,20,21,22). The van der Waals surface area contributed by atoms with Crippen molar-refractivity contribution < 1.29 is 19.0 Å². The second kappa shape index (κ2) is 8.35. The highest BCUT2D eigenvalue weighted by Gasteiger charge is 2.19. The molecule has 4 N–H and O–H groups in total. The first kappa shape index (κ1) is 19.3. The van der Waals surface area contributed by atoms with Gasteiger partial charge in [-0.1, -0.05) is 0 Å². The van der Waals surface area contributed by atoms with E-state index in [2.05, 4.69) is 25.9 Å². The van der Waals surface area contributed by atoms with E-state index in [1.165, 1.54) is 7.11 Å². The zero-order valence-corrected chi connectivity index (χ0v) is 15.7. The number of benzene rings is 1. The molecule has 1 aromatic heterocycles. The van der Waals surface area contributed by atoms with Crippen molar-refractivity contribution in [2.45, 2.75) is 6.92 Å². The highest BCUT2D eigenvalue weighted by molar-refractivity contribution is 9.10. The number of aromatic nitrogens is 2. The summed E-state index contributed by atoms with van der Waals surface area (Å²) in [5, 5.41) is 9.33. The molecule has 0 spiro atoms. The van der Waals surface area contributed by atoms with Gasteiger partial charge in [-0.15, -0.1) is 0 Å². The third kappa shape index (κ3) is 4.12. The number of halogens is 1. The summed E-state index contributed by atoms with van der Waals surface area (Å²) in [5.41, 5.74) is 12.2. The number of nitrogen functional groups attached to an aromatic ring is 2. The molecule has 0 aliphatic carbocycles. The van der Waals surface area contributed by atoms with Crippen LogP contribution in [0.1, 0.15) is 12.5 Å². The molecule has 0 aliphatic rings. The van der Waals surface area contributed by atoms with Gasteiger partial charge in [-0.3, -0.25) is 0 Å². The molecule has 2 aromatic rings. The fraction of sp³-hybridized carbons (Fsp3) is 0.250. The Hall–Kier alpha value is -3.06. The van der Waals surface area contributed by atoms with Gasteiger partial charge in [0.2, 0.25) is 5.95 Å². The molecule has 1 heterocycles. The molecule has 0 aliphatic heterocycles. The quantitative estimate of drug-likeness (QED) is 0.666. The van der Waals surface area contributed by atoms with Gasteiger partial charge in [-0.2, -0.15) is 10.2 Å². The fourth-order valence-electron chi connectivity index (χ4n) is 2.15. The maximum absolute atomic E-state index is 11.5. The van der Waals surface area contributed by atoms with E-state index in [0.29, 0.717) is 21.5 Å². The summed E-state index contributed by atoms with van der Waals surface area (Å²) in [7, 11) is 1.44. The Labute approximate surface area is 158 Å². The molecule has 1 aromatic carbocycles. The Morgan fingerprint density at radius 2 is 2.08 bits per heavy atom. The summed E-state index contributed by atoms with van der Waals surface area (Å²) in [6, 6.07) is 5.20. The van der Waals surface area contributed by atoms with Crippen LogP contribution < -0.4 is 20.9 Å². The summed E-state index contributed by atoms with van der Waals surface area (Å²) in [6.45, 7) is 1.68. The van der Waals surface area contributed by atoms with Crippen LogP contribution in [0.3, 0.4) is 0 Å². The van der Waals surface area contributed by atoms with Crippen molar-refractivity contribution in [3.8, 4) is 28.8 Å². The molecule has 0 fully saturated rings. The number of nitrogens with zero attached hydrogens (tertiary/aromatic N) is 3. The largest absolute Gasteiger partial charge is 0.493 e. The number of esters is 1. The first-order chi connectivity index (χ1) is 12.4. The van der Waals surface area contributed by atoms with E-state index in [1.54, 1.807) is 19.1 Å². The Morgan fingerprint density at radius 1 is 1.35 bits per heavy atom. The molecular formula is C16H16BrN5O4. The third-order valence-corrected chi connectivity index (χ3v) is 3.80. The fourth-order valence-corrected chi connectivity index (χ4v) is 2.70. The Balaban J connectivity index is 2.47. The Bertz CT molecular complexity index is 882. The topological polar surface area (TPSA) is 146 Å². The van der Waals surface area contributed by atoms with Crippen LogP contribution in [0.2, 0.25) is 0 Å². The molecule has 0 unspecified atom stereocenters. The summed E-state index contributed by atoms with van der Waals surface area (Å²) in [6.07, 6.45) is 0. The maximum Gasteiger partial charge on any atom is 0.344 e. The van der Waals surface area contributed by atoms with Crippen molar-refractivity contribution in [1.29, 1.82) is 5.26 Å². The van der Waals surface area contributed by atoms with Gasteiger partial charge in [0.1, 0.15) is 17.5 Å². The van der Waals surface area contributed by atoms with Gasteiger partial charge >= 0.3 is 5.97 Å². The highest BCUT2D eigenvalue weighted by Crippen LogP contribution is 2.40. The lowest BCUT2D eigenvalue weighted by Crippen LogP contribution is -2.15. The van der Waals surface area contributed by atoms with E-state index in [0.717, 1.165) is 0 Å². The van der Waals surface area contributed by atoms with Gasteiger partial charge in [0.05, 0.1) is 23.9 Å². The van der Waals surface area contributed by atoms with Crippen molar-refractivity contribution in [2.24, 2.45) is 0 Å². The molecule has 26 heavy (non-hydrogen) atoms. The van der Waals surface area contributed by atoms with Crippen molar-refractivity contribution in [2.75, 3.05) is 31.8 Å². The summed E-state index contributed by atoms with van der Waals surface area (Å²) >= 11 is 3.36. The molecule has 10 heteroatoms. The van der Waals surface area contributed by atoms with E-state index >= 15 is 0 Å². The van der Waals surface area contributed by atoms with Gasteiger partial charge in [0.15, 0.2) is 18.1 Å². The smallest absolute Gasteiger partial charge is 0.344 e. The number of ether oxygens (including phenoxy) is 3. The van der Waals surface area contributed by atoms with Gasteiger partial charge in [0, 0.05) is 5.56 Å². The van der Waals surface area contributed by atoms with E-state index in [4.69, 9.17) is 25.7 Å². The number of nitriles is 1. The minimum absolute atomic E-state index is 0.0206.